The third-order valence-corrected chi connectivity index (χ3v) is 2.64. The van der Waals surface area contributed by atoms with E-state index < -0.39 is 5.60 Å². The lowest BCUT2D eigenvalue weighted by Gasteiger charge is -2.28. The zero-order valence-electron chi connectivity index (χ0n) is 8.84. The molecule has 2 heteroatoms. The van der Waals surface area contributed by atoms with E-state index in [2.05, 4.69) is 11.5 Å². The van der Waals surface area contributed by atoms with Gasteiger partial charge >= 0.3 is 0 Å². The summed E-state index contributed by atoms with van der Waals surface area (Å²) in [6.45, 7) is 7.57. The average Bonchev–Trinajstić information content (AvgIpc) is 2.33. The lowest BCUT2D eigenvalue weighted by atomic mass is 10.0. The fraction of sp³-hybridized carbons (Fsp3) is 0.818. The van der Waals surface area contributed by atoms with Crippen molar-refractivity contribution in [1.29, 1.82) is 0 Å². The van der Waals surface area contributed by atoms with Gasteiger partial charge in [0.1, 0.15) is 0 Å². The van der Waals surface area contributed by atoms with Gasteiger partial charge in [0.2, 0.25) is 0 Å². The number of aliphatic hydroxyl groups is 1. The molecule has 0 spiro atoms. The quantitative estimate of drug-likeness (QED) is 0.672. The van der Waals surface area contributed by atoms with Crippen molar-refractivity contribution >= 4 is 0 Å². The Kier molecular flexibility index (Phi) is 3.51. The zero-order chi connectivity index (χ0) is 9.90. The molecule has 0 aromatic heterocycles. The first-order valence-electron chi connectivity index (χ1n) is 5.07. The van der Waals surface area contributed by atoms with Crippen LogP contribution in [0.1, 0.15) is 32.6 Å². The molecule has 0 heterocycles. The molecule has 1 N–H and O–H groups in total. The molecule has 0 aromatic carbocycles. The molecule has 1 aliphatic carbocycles. The van der Waals surface area contributed by atoms with Crippen LogP contribution in [0.2, 0.25) is 0 Å². The highest BCUT2D eigenvalue weighted by Gasteiger charge is 2.31. The highest BCUT2D eigenvalue weighted by atomic mass is 16.3. The fourth-order valence-electron chi connectivity index (χ4n) is 2.21. The van der Waals surface area contributed by atoms with Gasteiger partial charge < -0.3 is 5.11 Å². The largest absolute Gasteiger partial charge is 0.389 e. The predicted molar refractivity (Wildman–Crippen MR) is 55.7 cm³/mol. The maximum absolute atomic E-state index is 10.1. The zero-order valence-corrected chi connectivity index (χ0v) is 8.84. The maximum Gasteiger partial charge on any atom is 0.0774 e. The van der Waals surface area contributed by atoms with E-state index in [0.29, 0.717) is 0 Å². The molecule has 0 radical (unpaired) electrons. The van der Waals surface area contributed by atoms with Gasteiger partial charge in [-0.25, -0.2) is 0 Å². The van der Waals surface area contributed by atoms with E-state index in [1.807, 2.05) is 14.0 Å². The topological polar surface area (TPSA) is 23.5 Å². The summed E-state index contributed by atoms with van der Waals surface area (Å²) >= 11 is 0. The number of likely N-dealkylation sites (N-methyl/N-ethyl adjacent to an activating group) is 1. The van der Waals surface area contributed by atoms with Crippen LogP contribution in [0.25, 0.3) is 0 Å². The van der Waals surface area contributed by atoms with Gasteiger partial charge in [0, 0.05) is 13.1 Å². The molecule has 0 bridgehead atoms. The van der Waals surface area contributed by atoms with Crippen LogP contribution in [-0.4, -0.2) is 35.7 Å². The van der Waals surface area contributed by atoms with Crippen LogP contribution in [0, 0.1) is 0 Å². The van der Waals surface area contributed by atoms with Crippen molar-refractivity contribution in [1.82, 2.24) is 4.90 Å². The molecular formula is C11H21NO. The molecule has 1 saturated carbocycles. The Morgan fingerprint density at radius 2 is 2.00 bits per heavy atom. The van der Waals surface area contributed by atoms with Crippen molar-refractivity contribution in [2.75, 3.05) is 20.1 Å². The second kappa shape index (κ2) is 4.25. The van der Waals surface area contributed by atoms with Crippen LogP contribution >= 0.6 is 0 Å². The summed E-state index contributed by atoms with van der Waals surface area (Å²) in [7, 11) is 2.05. The Morgan fingerprint density at radius 3 is 2.46 bits per heavy atom. The first-order chi connectivity index (χ1) is 6.02. The monoisotopic (exact) mass is 183 g/mol. The third kappa shape index (κ3) is 3.49. The molecular weight excluding hydrogens is 162 g/mol. The van der Waals surface area contributed by atoms with Gasteiger partial charge in [0.25, 0.3) is 0 Å². The van der Waals surface area contributed by atoms with E-state index >= 15 is 0 Å². The van der Waals surface area contributed by atoms with Crippen molar-refractivity contribution in [2.45, 2.75) is 38.2 Å². The number of nitrogens with zero attached hydrogens (tertiary/aromatic N) is 1. The van der Waals surface area contributed by atoms with E-state index in [-0.39, 0.29) is 0 Å². The second-order valence-corrected chi connectivity index (χ2v) is 4.56. The molecule has 0 aliphatic heterocycles. The third-order valence-electron chi connectivity index (χ3n) is 2.64. The summed E-state index contributed by atoms with van der Waals surface area (Å²) in [6.07, 6.45) is 4.29. The summed E-state index contributed by atoms with van der Waals surface area (Å²) in [4.78, 5) is 2.16. The molecule has 1 rings (SSSR count). The Bertz CT molecular complexity index is 183. The summed E-state index contributed by atoms with van der Waals surface area (Å²) in [6, 6.07) is 0. The van der Waals surface area contributed by atoms with Gasteiger partial charge in [0.15, 0.2) is 0 Å². The van der Waals surface area contributed by atoms with E-state index in [9.17, 15) is 5.11 Å². The van der Waals surface area contributed by atoms with Gasteiger partial charge in [-0.15, -0.1) is 0 Å². The van der Waals surface area contributed by atoms with Crippen LogP contribution in [0.3, 0.4) is 0 Å². The van der Waals surface area contributed by atoms with Crippen molar-refractivity contribution in [3.63, 3.8) is 0 Å². The highest BCUT2D eigenvalue weighted by molar-refractivity contribution is 4.94. The Morgan fingerprint density at radius 1 is 1.46 bits per heavy atom. The Hall–Kier alpha value is -0.340. The standard InChI is InChI=1S/C11H21NO/c1-10(2)8-12(3)9-11(13)6-4-5-7-11/h13H,1,4-9H2,2-3H3. The SMILES string of the molecule is C=C(C)CN(C)CC1(O)CCCC1. The maximum atomic E-state index is 10.1. The van der Waals surface area contributed by atoms with Crippen LogP contribution in [-0.2, 0) is 0 Å². The first kappa shape index (κ1) is 10.7. The van der Waals surface area contributed by atoms with E-state index in [1.54, 1.807) is 0 Å². The second-order valence-electron chi connectivity index (χ2n) is 4.56. The van der Waals surface area contributed by atoms with Crippen LogP contribution in [0.15, 0.2) is 12.2 Å². The van der Waals surface area contributed by atoms with Crippen LogP contribution in [0.4, 0.5) is 0 Å². The first-order valence-corrected chi connectivity index (χ1v) is 5.07. The number of rotatable bonds is 4. The minimum absolute atomic E-state index is 0.412. The average molecular weight is 183 g/mol. The fourth-order valence-corrected chi connectivity index (χ4v) is 2.21. The Balaban J connectivity index is 2.33. The summed E-state index contributed by atoms with van der Waals surface area (Å²) in [5, 5.41) is 10.1. The normalized spacial score (nSPS) is 20.9. The van der Waals surface area contributed by atoms with Crippen LogP contribution < -0.4 is 0 Å². The summed E-state index contributed by atoms with van der Waals surface area (Å²) < 4.78 is 0. The lowest BCUT2D eigenvalue weighted by molar-refractivity contribution is 0.0186. The highest BCUT2D eigenvalue weighted by Crippen LogP contribution is 2.29. The molecule has 0 aromatic rings. The van der Waals surface area contributed by atoms with Crippen molar-refractivity contribution in [3.8, 4) is 0 Å². The molecule has 0 amide bonds. The molecule has 1 fully saturated rings. The molecule has 0 atom stereocenters. The van der Waals surface area contributed by atoms with Gasteiger partial charge in [0.05, 0.1) is 5.60 Å². The van der Waals surface area contributed by atoms with Crippen molar-refractivity contribution in [2.24, 2.45) is 0 Å². The number of hydrogen-bond acceptors (Lipinski definition) is 2. The Labute approximate surface area is 81.2 Å². The minimum atomic E-state index is -0.412. The predicted octanol–water partition coefficient (Wildman–Crippen LogP) is 1.80. The van der Waals surface area contributed by atoms with Gasteiger partial charge in [-0.3, -0.25) is 4.90 Å². The van der Waals surface area contributed by atoms with E-state index in [4.69, 9.17) is 0 Å². The molecule has 1 aliphatic rings. The smallest absolute Gasteiger partial charge is 0.0774 e. The van der Waals surface area contributed by atoms with E-state index in [0.717, 1.165) is 31.5 Å². The minimum Gasteiger partial charge on any atom is -0.389 e. The van der Waals surface area contributed by atoms with E-state index in [1.165, 1.54) is 12.8 Å². The lowest BCUT2D eigenvalue weighted by Crippen LogP contribution is -2.39. The van der Waals surface area contributed by atoms with Crippen LogP contribution in [0.5, 0.6) is 0 Å². The van der Waals surface area contributed by atoms with Crippen molar-refractivity contribution < 1.29 is 5.11 Å². The molecule has 76 valence electrons. The number of hydrogen-bond donors (Lipinski definition) is 1. The molecule has 0 saturated heterocycles. The molecule has 13 heavy (non-hydrogen) atoms. The molecule has 0 unspecified atom stereocenters. The summed E-state index contributed by atoms with van der Waals surface area (Å²) in [5.74, 6) is 0. The van der Waals surface area contributed by atoms with Gasteiger partial charge in [-0.2, -0.15) is 0 Å². The van der Waals surface area contributed by atoms with Gasteiger partial charge in [-0.1, -0.05) is 25.0 Å². The van der Waals surface area contributed by atoms with Crippen molar-refractivity contribution in [3.05, 3.63) is 12.2 Å². The van der Waals surface area contributed by atoms with Gasteiger partial charge in [-0.05, 0) is 26.8 Å². The summed E-state index contributed by atoms with van der Waals surface area (Å²) in [5.41, 5.74) is 0.744. The molecule has 2 nitrogen and oxygen atoms in total.